The van der Waals surface area contributed by atoms with E-state index in [0.29, 0.717) is 25.1 Å². The van der Waals surface area contributed by atoms with Crippen LogP contribution in [0.25, 0.3) is 0 Å². The zero-order valence-electron chi connectivity index (χ0n) is 16.8. The summed E-state index contributed by atoms with van der Waals surface area (Å²) in [5.41, 5.74) is 8.51. The van der Waals surface area contributed by atoms with Crippen LogP contribution in [0.4, 0.5) is 5.69 Å². The maximum Gasteiger partial charge on any atom is 0.234 e. The molecule has 3 N–H and O–H groups in total. The molecule has 1 aliphatic rings. The molecule has 156 valence electrons. The van der Waals surface area contributed by atoms with Crippen molar-refractivity contribution in [3.05, 3.63) is 59.7 Å². The van der Waals surface area contributed by atoms with E-state index < -0.39 is 11.9 Å². The van der Waals surface area contributed by atoms with Gasteiger partial charge in [0.05, 0.1) is 25.4 Å². The van der Waals surface area contributed by atoms with E-state index in [4.69, 9.17) is 10.5 Å². The molecule has 0 unspecified atom stereocenters. The second kappa shape index (κ2) is 10.3. The summed E-state index contributed by atoms with van der Waals surface area (Å²) in [6.07, 6.45) is 1.83. The van der Waals surface area contributed by atoms with Gasteiger partial charge in [-0.15, -0.1) is 12.4 Å². The summed E-state index contributed by atoms with van der Waals surface area (Å²) >= 11 is 0. The molecule has 0 fully saturated rings. The number of nitrogens with two attached hydrogens (primary N) is 1. The number of carbonyl (C=O) groups excluding carboxylic acids is 2. The van der Waals surface area contributed by atoms with Crippen molar-refractivity contribution in [2.75, 3.05) is 19.1 Å². The molecule has 3 rings (SSSR count). The molecule has 7 heteroatoms. The van der Waals surface area contributed by atoms with Gasteiger partial charge in [-0.25, -0.2) is 0 Å². The first-order chi connectivity index (χ1) is 13.5. The lowest BCUT2D eigenvalue weighted by atomic mass is 9.93. The molecule has 0 radical (unpaired) electrons. The van der Waals surface area contributed by atoms with Crippen molar-refractivity contribution >= 4 is 29.9 Å². The van der Waals surface area contributed by atoms with Crippen LogP contribution in [0.5, 0.6) is 5.75 Å². The Balaban J connectivity index is 0.00000300. The number of hydrogen-bond donors (Lipinski definition) is 2. The molecule has 2 aromatic rings. The van der Waals surface area contributed by atoms with E-state index in [9.17, 15) is 9.59 Å². The van der Waals surface area contributed by atoms with Gasteiger partial charge in [0, 0.05) is 12.0 Å². The van der Waals surface area contributed by atoms with Crippen LogP contribution in [-0.4, -0.2) is 32.0 Å². The Kier molecular flexibility index (Phi) is 8.05. The fourth-order valence-corrected chi connectivity index (χ4v) is 3.73. The van der Waals surface area contributed by atoms with Gasteiger partial charge in [-0.2, -0.15) is 0 Å². The van der Waals surface area contributed by atoms with Gasteiger partial charge < -0.3 is 20.7 Å². The number of hydrogen-bond acceptors (Lipinski definition) is 4. The van der Waals surface area contributed by atoms with E-state index in [1.54, 1.807) is 14.2 Å². The molecule has 0 aliphatic carbocycles. The molecule has 29 heavy (non-hydrogen) atoms. The Hall–Kier alpha value is -2.57. The van der Waals surface area contributed by atoms with Crippen LogP contribution in [-0.2, 0) is 22.6 Å². The third-order valence-corrected chi connectivity index (χ3v) is 5.36. The normalized spacial score (nSPS) is 17.0. The Morgan fingerprint density at radius 1 is 1.28 bits per heavy atom. The molecule has 1 aliphatic heterocycles. The Morgan fingerprint density at radius 3 is 2.62 bits per heavy atom. The third kappa shape index (κ3) is 5.28. The highest BCUT2D eigenvalue weighted by molar-refractivity contribution is 5.97. The van der Waals surface area contributed by atoms with Crippen LogP contribution in [0, 0.1) is 5.92 Å². The predicted octanol–water partition coefficient (Wildman–Crippen LogP) is 2.68. The first kappa shape index (κ1) is 22.7. The van der Waals surface area contributed by atoms with E-state index in [-0.39, 0.29) is 24.2 Å². The number of methoxy groups -OCH3 is 1. The summed E-state index contributed by atoms with van der Waals surface area (Å²) in [6, 6.07) is 15.2. The average molecular weight is 418 g/mol. The molecule has 2 aromatic carbocycles. The van der Waals surface area contributed by atoms with Gasteiger partial charge in [-0.3, -0.25) is 9.59 Å². The maximum atomic E-state index is 13.5. The first-order valence-corrected chi connectivity index (χ1v) is 9.52. The lowest BCUT2D eigenvalue weighted by Gasteiger charge is -2.27. The molecule has 6 nitrogen and oxygen atoms in total. The number of likely N-dealkylation sites (N-methyl/N-ethyl adjacent to an activating group) is 1. The van der Waals surface area contributed by atoms with Gasteiger partial charge in [0.25, 0.3) is 0 Å². The van der Waals surface area contributed by atoms with E-state index in [2.05, 4.69) is 5.32 Å². The fraction of sp³-hybridized carbons (Fsp3) is 0.364. The van der Waals surface area contributed by atoms with Crippen molar-refractivity contribution in [1.82, 2.24) is 5.32 Å². The minimum atomic E-state index is -0.525. The summed E-state index contributed by atoms with van der Waals surface area (Å²) in [7, 11) is 3.31. The number of benzene rings is 2. The third-order valence-electron chi connectivity index (χ3n) is 5.36. The number of rotatable bonds is 7. The highest BCUT2D eigenvalue weighted by Crippen LogP contribution is 2.35. The average Bonchev–Trinajstić information content (AvgIpc) is 2.83. The van der Waals surface area contributed by atoms with Crippen LogP contribution < -0.4 is 20.7 Å². The fourth-order valence-electron chi connectivity index (χ4n) is 3.73. The molecule has 1 heterocycles. The number of fused-ring (bicyclic) bond motifs is 1. The number of primary amides is 1. The number of nitrogens with one attached hydrogen (secondary N) is 1. The first-order valence-electron chi connectivity index (χ1n) is 9.52. The van der Waals surface area contributed by atoms with Gasteiger partial charge in [-0.05, 0) is 43.5 Å². The Bertz CT molecular complexity index is 844. The predicted molar refractivity (Wildman–Crippen MR) is 116 cm³/mol. The van der Waals surface area contributed by atoms with Crippen molar-refractivity contribution in [2.24, 2.45) is 11.7 Å². The Labute approximate surface area is 177 Å². The molecular weight excluding hydrogens is 390 g/mol. The number of nitrogens with zero attached hydrogens (tertiary/aromatic N) is 1. The molecule has 0 saturated heterocycles. The summed E-state index contributed by atoms with van der Waals surface area (Å²) in [5, 5.41) is 2.93. The zero-order valence-corrected chi connectivity index (χ0v) is 17.6. The van der Waals surface area contributed by atoms with E-state index >= 15 is 0 Å². The second-order valence-electron chi connectivity index (χ2n) is 7.12. The molecule has 0 bridgehead atoms. The van der Waals surface area contributed by atoms with Crippen molar-refractivity contribution in [3.8, 4) is 5.75 Å². The van der Waals surface area contributed by atoms with Crippen LogP contribution in [0.2, 0.25) is 0 Å². The standard InChI is InChI=1S/C22H27N3O3.ClH/c1-24-19(21(23)26)12-17-9-8-16-10-11-18(28-2)13-20(16)25(22(17)27)14-15-6-4-3-5-7-15;/h3-7,10-11,13,17,19,24H,8-9,12,14H2,1-2H3,(H2,23,26);1H/t17-,19-;/m0./s1. The largest absolute Gasteiger partial charge is 0.497 e. The van der Waals surface area contributed by atoms with Crippen LogP contribution >= 0.6 is 12.4 Å². The molecule has 0 spiro atoms. The number of halogens is 1. The lowest BCUT2D eigenvalue weighted by molar-refractivity contribution is -0.124. The minimum Gasteiger partial charge on any atom is -0.497 e. The summed E-state index contributed by atoms with van der Waals surface area (Å²) < 4.78 is 5.39. The quantitative estimate of drug-likeness (QED) is 0.725. The molecule has 2 amide bonds. The van der Waals surface area contributed by atoms with Crippen LogP contribution in [0.15, 0.2) is 48.5 Å². The Morgan fingerprint density at radius 2 is 2.00 bits per heavy atom. The van der Waals surface area contributed by atoms with Gasteiger partial charge in [-0.1, -0.05) is 36.4 Å². The van der Waals surface area contributed by atoms with Crippen LogP contribution in [0.1, 0.15) is 24.0 Å². The number of ether oxygens (including phenoxy) is 1. The molecular formula is C22H28ClN3O3. The van der Waals surface area contributed by atoms with E-state index in [1.807, 2.05) is 53.4 Å². The highest BCUT2D eigenvalue weighted by Gasteiger charge is 2.33. The maximum absolute atomic E-state index is 13.5. The smallest absolute Gasteiger partial charge is 0.234 e. The van der Waals surface area contributed by atoms with Crippen molar-refractivity contribution < 1.29 is 14.3 Å². The number of aryl methyl sites for hydroxylation is 1. The molecule has 0 saturated carbocycles. The van der Waals surface area contributed by atoms with Crippen molar-refractivity contribution in [2.45, 2.75) is 31.8 Å². The minimum absolute atomic E-state index is 0. The zero-order chi connectivity index (χ0) is 20.1. The van der Waals surface area contributed by atoms with Crippen molar-refractivity contribution in [3.63, 3.8) is 0 Å². The van der Waals surface area contributed by atoms with Gasteiger partial charge in [0.15, 0.2) is 0 Å². The van der Waals surface area contributed by atoms with Gasteiger partial charge >= 0.3 is 0 Å². The number of carbonyl (C=O) groups is 2. The van der Waals surface area contributed by atoms with Crippen LogP contribution in [0.3, 0.4) is 0 Å². The van der Waals surface area contributed by atoms with Crippen molar-refractivity contribution in [1.29, 1.82) is 0 Å². The lowest BCUT2D eigenvalue weighted by Crippen LogP contribution is -2.44. The summed E-state index contributed by atoms with van der Waals surface area (Å²) in [5.74, 6) is 0.00560. The molecule has 2 atom stereocenters. The van der Waals surface area contributed by atoms with Gasteiger partial charge in [0.2, 0.25) is 11.8 Å². The number of amides is 2. The topological polar surface area (TPSA) is 84.7 Å². The SMILES string of the molecule is CN[C@@H](C[C@@H]1CCc2ccc(OC)cc2N(Cc2ccccc2)C1=O)C(N)=O.Cl. The van der Waals surface area contributed by atoms with E-state index in [1.165, 1.54) is 0 Å². The van der Waals surface area contributed by atoms with Gasteiger partial charge in [0.1, 0.15) is 5.75 Å². The van der Waals surface area contributed by atoms with E-state index in [0.717, 1.165) is 23.2 Å². The summed E-state index contributed by atoms with van der Waals surface area (Å²) in [4.78, 5) is 27.0. The monoisotopic (exact) mass is 417 g/mol. The second-order valence-corrected chi connectivity index (χ2v) is 7.12. The highest BCUT2D eigenvalue weighted by atomic mass is 35.5. The summed E-state index contributed by atoms with van der Waals surface area (Å²) in [6.45, 7) is 0.469. The molecule has 0 aromatic heterocycles. The number of anilines is 1.